The summed E-state index contributed by atoms with van der Waals surface area (Å²) in [7, 11) is 0. The highest BCUT2D eigenvalue weighted by Gasteiger charge is 2.06. The fourth-order valence-corrected chi connectivity index (χ4v) is 1.25. The molecule has 0 unspecified atom stereocenters. The fraction of sp³-hybridized carbons (Fsp3) is 0. The van der Waals surface area contributed by atoms with Crippen LogP contribution in [0.2, 0.25) is 0 Å². The Kier molecular flexibility index (Phi) is 1.92. The molecule has 1 aromatic carbocycles. The second kappa shape index (κ2) is 3.23. The summed E-state index contributed by atoms with van der Waals surface area (Å²) in [4.78, 5) is 11.0. The highest BCUT2D eigenvalue weighted by Crippen LogP contribution is 2.15. The highest BCUT2D eigenvalue weighted by atomic mass is 16.4. The summed E-state index contributed by atoms with van der Waals surface area (Å²) in [5, 5.41) is 13.2. The zero-order valence-corrected chi connectivity index (χ0v) is 7.06. The number of para-hydroxylation sites is 1. The van der Waals surface area contributed by atoms with Crippen LogP contribution in [0.4, 0.5) is 0 Å². The van der Waals surface area contributed by atoms with Gasteiger partial charge in [-0.15, -0.1) is 0 Å². The van der Waals surface area contributed by atoms with Crippen LogP contribution in [-0.2, 0) is 0 Å². The van der Waals surface area contributed by atoms with Crippen LogP contribution < -0.4 is 5.63 Å². The van der Waals surface area contributed by atoms with Crippen LogP contribution in [-0.4, -0.2) is 0 Å². The van der Waals surface area contributed by atoms with Crippen LogP contribution >= 0.6 is 0 Å². The van der Waals surface area contributed by atoms with Gasteiger partial charge in [-0.3, -0.25) is 0 Å². The predicted octanol–water partition coefficient (Wildman–Crippen LogP) is 1.97. The van der Waals surface area contributed by atoms with Gasteiger partial charge in [-0.25, -0.2) is 4.79 Å². The van der Waals surface area contributed by atoms with Gasteiger partial charge in [-0.1, -0.05) is 12.1 Å². The summed E-state index contributed by atoms with van der Waals surface area (Å²) in [5.74, 6) is 0. The molecule has 1 aromatic heterocycles. The zero-order valence-electron chi connectivity index (χ0n) is 7.06. The Morgan fingerprint density at radius 3 is 2.93 bits per heavy atom. The predicted molar refractivity (Wildman–Crippen MR) is 52.2 cm³/mol. The summed E-state index contributed by atoms with van der Waals surface area (Å²) in [6.07, 6.45) is 0. The average molecular weight is 187 g/mol. The topological polar surface area (TPSA) is 57.6 Å². The van der Waals surface area contributed by atoms with Crippen LogP contribution in [0.15, 0.2) is 39.5 Å². The monoisotopic (exact) mass is 187 g/mol. The summed E-state index contributed by atoms with van der Waals surface area (Å²) in [6, 6.07) is 10.3. The lowest BCUT2D eigenvalue weighted by molar-refractivity contribution is 0.560. The quantitative estimate of drug-likeness (QED) is 0.468. The van der Waals surface area contributed by atoms with Gasteiger partial charge in [0.2, 0.25) is 0 Å². The van der Waals surface area contributed by atoms with Crippen molar-refractivity contribution in [1.82, 2.24) is 0 Å². The minimum absolute atomic E-state index is 0.354. The standard InChI is InChI=1S/C10H5NO3/c12-10-5-7(6-11-13)8-3-1-2-4-9(8)14-10/h1-5H. The van der Waals surface area contributed by atoms with Crippen LogP contribution in [0, 0.1) is 11.3 Å². The van der Waals surface area contributed by atoms with Crippen LogP contribution in [0.25, 0.3) is 16.0 Å². The first-order valence-corrected chi connectivity index (χ1v) is 3.92. The van der Waals surface area contributed by atoms with E-state index in [-0.39, 0.29) is 0 Å². The molecule has 0 aliphatic carbocycles. The summed E-state index contributed by atoms with van der Waals surface area (Å²) in [5.41, 5.74) is 0.257. The average Bonchev–Trinajstić information content (AvgIpc) is 2.18. The Hall–Kier alpha value is -2.28. The molecule has 0 fully saturated rings. The Morgan fingerprint density at radius 2 is 2.14 bits per heavy atom. The van der Waals surface area contributed by atoms with Crippen molar-refractivity contribution in [1.29, 1.82) is 0 Å². The first kappa shape index (κ1) is 8.32. The molecule has 4 nitrogen and oxygen atoms in total. The summed E-state index contributed by atoms with van der Waals surface area (Å²) >= 11 is 0. The number of nitrogens with zero attached hydrogens (tertiary/aromatic N) is 1. The molecular formula is C10H5NO3. The number of hydrogen-bond acceptors (Lipinski definition) is 3. The number of rotatable bonds is 0. The molecule has 0 atom stereocenters. The largest absolute Gasteiger partial charge is 0.498 e. The first-order chi connectivity index (χ1) is 6.81. The maximum absolute atomic E-state index is 11.0. The molecule has 14 heavy (non-hydrogen) atoms. The van der Waals surface area contributed by atoms with Crippen molar-refractivity contribution in [3.8, 4) is 6.07 Å². The zero-order chi connectivity index (χ0) is 9.97. The number of hydrogen-bond donors (Lipinski definition) is 0. The van der Waals surface area contributed by atoms with E-state index in [0.29, 0.717) is 16.5 Å². The normalized spacial score (nSPS) is 9.43. The van der Waals surface area contributed by atoms with E-state index in [9.17, 15) is 10.0 Å². The molecule has 2 rings (SSSR count). The summed E-state index contributed by atoms with van der Waals surface area (Å²) < 4.78 is 4.91. The van der Waals surface area contributed by atoms with Crippen LogP contribution in [0.5, 0.6) is 0 Å². The van der Waals surface area contributed by atoms with E-state index < -0.39 is 5.63 Å². The smallest absolute Gasteiger partial charge is 0.337 e. The molecule has 0 radical (unpaired) electrons. The van der Waals surface area contributed by atoms with Gasteiger partial charge < -0.3 is 9.62 Å². The Morgan fingerprint density at radius 1 is 1.36 bits per heavy atom. The molecule has 0 saturated carbocycles. The third-order valence-corrected chi connectivity index (χ3v) is 1.82. The van der Waals surface area contributed by atoms with Gasteiger partial charge in [0, 0.05) is 16.5 Å². The third kappa shape index (κ3) is 1.31. The Balaban J connectivity index is 2.91. The second-order valence-corrected chi connectivity index (χ2v) is 2.68. The van der Waals surface area contributed by atoms with E-state index in [4.69, 9.17) is 4.42 Å². The van der Waals surface area contributed by atoms with Crippen molar-refractivity contribution in [3.05, 3.63) is 56.5 Å². The highest BCUT2D eigenvalue weighted by molar-refractivity contribution is 5.82. The van der Waals surface area contributed by atoms with Crippen LogP contribution in [0.3, 0.4) is 0 Å². The van der Waals surface area contributed by atoms with Crippen molar-refractivity contribution < 1.29 is 4.42 Å². The van der Waals surface area contributed by atoms with E-state index >= 15 is 0 Å². The van der Waals surface area contributed by atoms with Gasteiger partial charge in [0.05, 0.1) is 0 Å². The third-order valence-electron chi connectivity index (χ3n) is 1.82. The molecule has 68 valence electrons. The molecule has 0 N–H and O–H groups in total. The van der Waals surface area contributed by atoms with E-state index in [1.54, 1.807) is 24.3 Å². The van der Waals surface area contributed by atoms with Gasteiger partial charge in [-0.2, -0.15) is 0 Å². The van der Waals surface area contributed by atoms with E-state index in [1.807, 2.05) is 0 Å². The SMILES string of the molecule is O=c1cc(C#[N+][O-])c2ccccc2o1. The lowest BCUT2D eigenvalue weighted by atomic mass is 10.1. The molecule has 1 heterocycles. The molecule has 0 aliphatic heterocycles. The van der Waals surface area contributed by atoms with E-state index in [2.05, 4.69) is 11.1 Å². The van der Waals surface area contributed by atoms with Crippen LogP contribution in [0.1, 0.15) is 5.56 Å². The lowest BCUT2D eigenvalue weighted by Gasteiger charge is -1.94. The molecule has 0 amide bonds. The molecule has 0 bridgehead atoms. The molecule has 4 heteroatoms. The molecular weight excluding hydrogens is 182 g/mol. The molecule has 2 aromatic rings. The molecule has 0 aliphatic rings. The van der Waals surface area contributed by atoms with Gasteiger partial charge >= 0.3 is 11.7 Å². The van der Waals surface area contributed by atoms with E-state index in [1.165, 1.54) is 6.07 Å². The second-order valence-electron chi connectivity index (χ2n) is 2.68. The maximum atomic E-state index is 11.0. The molecule has 0 spiro atoms. The fourth-order valence-electron chi connectivity index (χ4n) is 1.25. The summed E-state index contributed by atoms with van der Waals surface area (Å²) in [6.45, 7) is 0. The van der Waals surface area contributed by atoms with Gasteiger partial charge in [0.25, 0.3) is 0 Å². The minimum atomic E-state index is -0.519. The number of fused-ring (bicyclic) bond motifs is 1. The Labute approximate surface area is 78.8 Å². The number of benzene rings is 1. The van der Waals surface area contributed by atoms with Crippen molar-refractivity contribution in [2.45, 2.75) is 0 Å². The minimum Gasteiger partial charge on any atom is -0.498 e. The first-order valence-electron chi connectivity index (χ1n) is 3.92. The van der Waals surface area contributed by atoms with Gasteiger partial charge in [0.1, 0.15) is 11.1 Å². The van der Waals surface area contributed by atoms with Gasteiger partial charge in [-0.05, 0) is 12.1 Å². The van der Waals surface area contributed by atoms with E-state index in [0.717, 1.165) is 0 Å². The van der Waals surface area contributed by atoms with Crippen molar-refractivity contribution in [2.75, 3.05) is 0 Å². The maximum Gasteiger partial charge on any atom is 0.337 e. The molecule has 0 saturated heterocycles. The van der Waals surface area contributed by atoms with Crippen molar-refractivity contribution >= 4 is 11.0 Å². The van der Waals surface area contributed by atoms with Gasteiger partial charge in [0.15, 0.2) is 0 Å². The Bertz CT molecular complexity index is 589. The van der Waals surface area contributed by atoms with Crippen molar-refractivity contribution in [2.24, 2.45) is 0 Å². The lowest BCUT2D eigenvalue weighted by Crippen LogP contribution is -1.97. The van der Waals surface area contributed by atoms with Crippen molar-refractivity contribution in [3.63, 3.8) is 0 Å².